The Bertz CT molecular complexity index is 898. The van der Waals surface area contributed by atoms with Crippen LogP contribution in [-0.2, 0) is 0 Å². The van der Waals surface area contributed by atoms with Crippen molar-refractivity contribution in [2.75, 3.05) is 31.6 Å². The van der Waals surface area contributed by atoms with E-state index < -0.39 is 0 Å². The lowest BCUT2D eigenvalue weighted by Gasteiger charge is -2.34. The Balaban J connectivity index is 1.30. The second-order valence-electron chi connectivity index (χ2n) is 7.30. The number of piperidine rings is 1. The average molecular weight is 363 g/mol. The summed E-state index contributed by atoms with van der Waals surface area (Å²) in [5, 5.41) is 0.889. The molecule has 0 N–H and O–H groups in total. The van der Waals surface area contributed by atoms with Crippen molar-refractivity contribution < 1.29 is 9.21 Å². The van der Waals surface area contributed by atoms with E-state index in [1.807, 2.05) is 48.6 Å². The number of carbonyl (C=O) groups is 1. The predicted molar refractivity (Wildman–Crippen MR) is 107 cm³/mol. The molecular weight excluding hydrogens is 338 g/mol. The number of anilines is 1. The molecule has 5 heteroatoms. The number of rotatable bonds is 5. The van der Waals surface area contributed by atoms with Crippen LogP contribution in [0.4, 0.5) is 5.69 Å². The van der Waals surface area contributed by atoms with Gasteiger partial charge in [0.1, 0.15) is 11.8 Å². The van der Waals surface area contributed by atoms with E-state index in [1.54, 1.807) is 6.26 Å². The zero-order valence-corrected chi connectivity index (χ0v) is 15.7. The summed E-state index contributed by atoms with van der Waals surface area (Å²) in [5.74, 6) is 0.702. The van der Waals surface area contributed by atoms with Crippen molar-refractivity contribution >= 4 is 22.6 Å². The fourth-order valence-corrected chi connectivity index (χ4v) is 3.86. The maximum atomic E-state index is 12.8. The van der Waals surface area contributed by atoms with Gasteiger partial charge in [0.05, 0.1) is 5.56 Å². The summed E-state index contributed by atoms with van der Waals surface area (Å²) in [6, 6.07) is 11.8. The SMILES string of the molecule is CN(CCC1CCN(c2ccncc2)CC1)C(=O)c1coc2ccccc12. The quantitative estimate of drug-likeness (QED) is 0.681. The number of aromatic nitrogens is 1. The van der Waals surface area contributed by atoms with Gasteiger partial charge in [-0.25, -0.2) is 0 Å². The van der Waals surface area contributed by atoms with Crippen LogP contribution >= 0.6 is 0 Å². The average Bonchev–Trinajstić information content (AvgIpc) is 3.16. The summed E-state index contributed by atoms with van der Waals surface area (Å²) in [4.78, 5) is 21.1. The highest BCUT2D eigenvalue weighted by molar-refractivity contribution is 6.05. The number of benzene rings is 1. The zero-order valence-electron chi connectivity index (χ0n) is 15.7. The van der Waals surface area contributed by atoms with E-state index in [0.29, 0.717) is 11.5 Å². The number of hydrogen-bond acceptors (Lipinski definition) is 4. The minimum atomic E-state index is 0.0363. The van der Waals surface area contributed by atoms with Gasteiger partial charge in [-0.3, -0.25) is 9.78 Å². The van der Waals surface area contributed by atoms with E-state index in [9.17, 15) is 4.79 Å². The van der Waals surface area contributed by atoms with Crippen molar-refractivity contribution in [3.05, 3.63) is 60.6 Å². The van der Waals surface area contributed by atoms with Crippen LogP contribution in [0.3, 0.4) is 0 Å². The lowest BCUT2D eigenvalue weighted by molar-refractivity contribution is 0.0786. The predicted octanol–water partition coefficient (Wildman–Crippen LogP) is 4.21. The molecule has 4 rings (SSSR count). The Kier molecular flexibility index (Phi) is 5.10. The molecule has 0 aliphatic carbocycles. The first kappa shape index (κ1) is 17.6. The van der Waals surface area contributed by atoms with Gasteiger partial charge in [-0.15, -0.1) is 0 Å². The van der Waals surface area contributed by atoms with Crippen molar-refractivity contribution in [1.82, 2.24) is 9.88 Å². The Hall–Kier alpha value is -2.82. The van der Waals surface area contributed by atoms with Crippen LogP contribution < -0.4 is 4.90 Å². The molecular formula is C22H25N3O2. The lowest BCUT2D eigenvalue weighted by Crippen LogP contribution is -2.35. The maximum Gasteiger partial charge on any atom is 0.257 e. The van der Waals surface area contributed by atoms with Crippen molar-refractivity contribution in [1.29, 1.82) is 0 Å². The summed E-state index contributed by atoms with van der Waals surface area (Å²) in [5.41, 5.74) is 2.67. The number of carbonyl (C=O) groups excluding carboxylic acids is 1. The van der Waals surface area contributed by atoms with Crippen LogP contribution in [0.25, 0.3) is 11.0 Å². The third-order valence-electron chi connectivity index (χ3n) is 5.57. The number of amides is 1. The molecule has 0 radical (unpaired) electrons. The van der Waals surface area contributed by atoms with Crippen molar-refractivity contribution in [3.8, 4) is 0 Å². The third-order valence-corrected chi connectivity index (χ3v) is 5.57. The highest BCUT2D eigenvalue weighted by Crippen LogP contribution is 2.26. The number of furan rings is 1. The molecule has 0 unspecified atom stereocenters. The number of fused-ring (bicyclic) bond motifs is 1. The summed E-state index contributed by atoms with van der Waals surface area (Å²) in [6.07, 6.45) is 8.65. The maximum absolute atomic E-state index is 12.8. The molecule has 5 nitrogen and oxygen atoms in total. The van der Waals surface area contributed by atoms with Crippen molar-refractivity contribution in [2.24, 2.45) is 5.92 Å². The molecule has 3 heterocycles. The van der Waals surface area contributed by atoms with Crippen molar-refractivity contribution in [3.63, 3.8) is 0 Å². The van der Waals surface area contributed by atoms with Gasteiger partial charge < -0.3 is 14.2 Å². The largest absolute Gasteiger partial charge is 0.463 e. The molecule has 27 heavy (non-hydrogen) atoms. The van der Waals surface area contributed by atoms with Crippen molar-refractivity contribution in [2.45, 2.75) is 19.3 Å². The first-order valence-electron chi connectivity index (χ1n) is 9.59. The molecule has 0 bridgehead atoms. The van der Waals surface area contributed by atoms with Gasteiger partial charge in [0, 0.05) is 50.1 Å². The molecule has 2 aromatic heterocycles. The standard InChI is InChI=1S/C22H25N3O2/c1-24(22(26)20-16-27-21-5-3-2-4-19(20)21)13-8-17-9-14-25(15-10-17)18-6-11-23-12-7-18/h2-7,11-12,16-17H,8-10,13-15H2,1H3. The Morgan fingerprint density at radius 1 is 1.19 bits per heavy atom. The van der Waals surface area contributed by atoms with E-state index in [4.69, 9.17) is 4.42 Å². The van der Waals surface area contributed by atoms with E-state index in [0.717, 1.165) is 37.0 Å². The molecule has 0 saturated carbocycles. The Morgan fingerprint density at radius 3 is 2.70 bits per heavy atom. The van der Waals surface area contributed by atoms with E-state index in [-0.39, 0.29) is 5.91 Å². The van der Waals surface area contributed by atoms with E-state index >= 15 is 0 Å². The molecule has 1 aliphatic heterocycles. The molecule has 0 spiro atoms. The molecule has 140 valence electrons. The topological polar surface area (TPSA) is 49.6 Å². The second kappa shape index (κ2) is 7.82. The van der Waals surface area contributed by atoms with Gasteiger partial charge in [-0.2, -0.15) is 0 Å². The van der Waals surface area contributed by atoms with Gasteiger partial charge in [0.15, 0.2) is 0 Å². The smallest absolute Gasteiger partial charge is 0.257 e. The molecule has 1 aromatic carbocycles. The minimum absolute atomic E-state index is 0.0363. The first-order valence-corrected chi connectivity index (χ1v) is 9.59. The first-order chi connectivity index (χ1) is 13.2. The van der Waals surface area contributed by atoms with Gasteiger partial charge >= 0.3 is 0 Å². The Morgan fingerprint density at radius 2 is 1.93 bits per heavy atom. The molecule has 1 amide bonds. The molecule has 1 fully saturated rings. The van der Waals surface area contributed by atoms with E-state index in [2.05, 4.69) is 22.0 Å². The lowest BCUT2D eigenvalue weighted by atomic mass is 9.93. The fraction of sp³-hybridized carbons (Fsp3) is 0.364. The highest BCUT2D eigenvalue weighted by Gasteiger charge is 2.22. The normalized spacial score (nSPS) is 15.2. The number of nitrogens with zero attached hydrogens (tertiary/aromatic N) is 3. The van der Waals surface area contributed by atoms with Crippen LogP contribution in [-0.4, -0.2) is 42.5 Å². The van der Waals surface area contributed by atoms with Gasteiger partial charge in [0.25, 0.3) is 5.91 Å². The van der Waals surface area contributed by atoms with Gasteiger partial charge in [0.2, 0.25) is 0 Å². The van der Waals surface area contributed by atoms with Crippen LogP contribution in [0.2, 0.25) is 0 Å². The minimum Gasteiger partial charge on any atom is -0.463 e. The van der Waals surface area contributed by atoms with Crippen LogP contribution in [0.15, 0.2) is 59.5 Å². The van der Waals surface area contributed by atoms with Gasteiger partial charge in [-0.1, -0.05) is 18.2 Å². The van der Waals surface area contributed by atoms with E-state index in [1.165, 1.54) is 18.5 Å². The molecule has 1 saturated heterocycles. The van der Waals surface area contributed by atoms with Crippen LogP contribution in [0.5, 0.6) is 0 Å². The van der Waals surface area contributed by atoms with Crippen LogP contribution in [0.1, 0.15) is 29.6 Å². The number of para-hydroxylation sites is 1. The summed E-state index contributed by atoms with van der Waals surface area (Å²) < 4.78 is 5.51. The third kappa shape index (κ3) is 3.82. The summed E-state index contributed by atoms with van der Waals surface area (Å²) >= 11 is 0. The molecule has 0 atom stereocenters. The summed E-state index contributed by atoms with van der Waals surface area (Å²) in [6.45, 7) is 2.91. The highest BCUT2D eigenvalue weighted by atomic mass is 16.3. The Labute approximate surface area is 159 Å². The zero-order chi connectivity index (χ0) is 18.6. The molecule has 1 aliphatic rings. The number of pyridine rings is 1. The van der Waals surface area contributed by atoms with Crippen LogP contribution in [0, 0.1) is 5.92 Å². The second-order valence-corrected chi connectivity index (χ2v) is 7.30. The monoisotopic (exact) mass is 363 g/mol. The number of hydrogen-bond donors (Lipinski definition) is 0. The fourth-order valence-electron chi connectivity index (χ4n) is 3.86. The summed E-state index contributed by atoms with van der Waals surface area (Å²) in [7, 11) is 1.89. The van der Waals surface area contributed by atoms with Gasteiger partial charge in [-0.05, 0) is 43.4 Å². The molecule has 3 aromatic rings.